The van der Waals surface area contributed by atoms with Gasteiger partial charge in [-0.25, -0.2) is 21.6 Å². The van der Waals surface area contributed by atoms with E-state index in [4.69, 9.17) is 11.6 Å². The van der Waals surface area contributed by atoms with Crippen LogP contribution in [0, 0.1) is 0 Å². The molecule has 0 fully saturated rings. The first kappa shape index (κ1) is 20.7. The number of halogens is 1. The molecule has 0 aromatic heterocycles. The van der Waals surface area contributed by atoms with Gasteiger partial charge in [0.05, 0.1) is 10.6 Å². The van der Waals surface area contributed by atoms with Crippen LogP contribution >= 0.6 is 11.6 Å². The van der Waals surface area contributed by atoms with E-state index in [0.29, 0.717) is 17.0 Å². The van der Waals surface area contributed by atoms with Crippen LogP contribution in [-0.2, 0) is 25.8 Å². The third kappa shape index (κ3) is 5.70. The van der Waals surface area contributed by atoms with Crippen LogP contribution < -0.4 is 9.44 Å². The Hall–Kier alpha value is -1.61. The zero-order valence-electron chi connectivity index (χ0n) is 14.4. The lowest BCUT2D eigenvalue weighted by Gasteiger charge is -2.13. The maximum Gasteiger partial charge on any atom is 0.240 e. The van der Waals surface area contributed by atoms with Crippen LogP contribution in [-0.4, -0.2) is 22.9 Å². The van der Waals surface area contributed by atoms with Gasteiger partial charge in [0.1, 0.15) is 0 Å². The fraction of sp³-hybridized carbons (Fsp3) is 0.294. The molecule has 0 aliphatic heterocycles. The smallest absolute Gasteiger partial charge is 0.240 e. The lowest BCUT2D eigenvalue weighted by molar-refractivity contribution is 0.556. The van der Waals surface area contributed by atoms with Crippen molar-refractivity contribution in [1.82, 2.24) is 4.72 Å². The number of hydrogen-bond donors (Lipinski definition) is 2. The number of anilines is 1. The highest BCUT2D eigenvalue weighted by molar-refractivity contribution is 7.92. The Kier molecular flexibility index (Phi) is 6.68. The summed E-state index contributed by atoms with van der Waals surface area (Å²) in [5.41, 5.74) is 0.762. The Labute approximate surface area is 159 Å². The first-order chi connectivity index (χ1) is 12.1. The molecule has 6 nitrogen and oxygen atoms in total. The van der Waals surface area contributed by atoms with Gasteiger partial charge in [-0.2, -0.15) is 0 Å². The molecule has 0 bridgehead atoms. The molecule has 2 aromatic carbocycles. The van der Waals surface area contributed by atoms with Crippen molar-refractivity contribution in [1.29, 1.82) is 0 Å². The molecule has 0 aliphatic rings. The number of sulfonamides is 2. The average Bonchev–Trinajstić information content (AvgIpc) is 2.56. The van der Waals surface area contributed by atoms with E-state index in [1.807, 2.05) is 6.92 Å². The molecule has 9 heteroatoms. The fourth-order valence-electron chi connectivity index (χ4n) is 2.15. The van der Waals surface area contributed by atoms with Crippen LogP contribution in [0.2, 0.25) is 5.02 Å². The van der Waals surface area contributed by atoms with Crippen molar-refractivity contribution in [3.8, 4) is 0 Å². The predicted molar refractivity (Wildman–Crippen MR) is 104 cm³/mol. The fourth-order valence-corrected chi connectivity index (χ4v) is 4.99. The van der Waals surface area contributed by atoms with Gasteiger partial charge in [0.15, 0.2) is 0 Å². The molecule has 0 spiro atoms. The first-order valence-corrected chi connectivity index (χ1v) is 11.5. The van der Waals surface area contributed by atoms with Gasteiger partial charge in [0, 0.05) is 16.8 Å². The molecule has 0 radical (unpaired) electrons. The van der Waals surface area contributed by atoms with Crippen LogP contribution in [0.4, 0.5) is 5.69 Å². The summed E-state index contributed by atoms with van der Waals surface area (Å²) in [6.45, 7) is 3.65. The summed E-state index contributed by atoms with van der Waals surface area (Å²) in [5.74, 6) is -0.276. The third-order valence-corrected chi connectivity index (χ3v) is 6.92. The molecule has 142 valence electrons. The zero-order chi connectivity index (χ0) is 19.4. The van der Waals surface area contributed by atoms with Gasteiger partial charge in [0.2, 0.25) is 20.0 Å². The summed E-state index contributed by atoms with van der Waals surface area (Å²) in [4.78, 5) is 0.0758. The van der Waals surface area contributed by atoms with Gasteiger partial charge in [-0.3, -0.25) is 4.72 Å². The van der Waals surface area contributed by atoms with Gasteiger partial charge >= 0.3 is 0 Å². The van der Waals surface area contributed by atoms with Crippen molar-refractivity contribution in [3.63, 3.8) is 0 Å². The van der Waals surface area contributed by atoms with Crippen molar-refractivity contribution < 1.29 is 16.8 Å². The SMILES string of the molecule is CCC(C)NS(=O)(=O)c1ccc(NS(=O)(=O)Cc2ccccc2Cl)cc1. The number of rotatable bonds is 8. The molecule has 26 heavy (non-hydrogen) atoms. The van der Waals surface area contributed by atoms with E-state index in [-0.39, 0.29) is 22.4 Å². The van der Waals surface area contributed by atoms with Crippen LogP contribution in [0.5, 0.6) is 0 Å². The highest BCUT2D eigenvalue weighted by Gasteiger charge is 2.18. The Bertz CT molecular complexity index is 959. The molecule has 0 aliphatic carbocycles. The highest BCUT2D eigenvalue weighted by atomic mass is 35.5. The van der Waals surface area contributed by atoms with Crippen molar-refractivity contribution >= 4 is 37.3 Å². The second-order valence-corrected chi connectivity index (χ2v) is 9.75. The Morgan fingerprint density at radius 2 is 1.62 bits per heavy atom. The Balaban J connectivity index is 2.12. The number of benzene rings is 2. The first-order valence-electron chi connectivity index (χ1n) is 7.99. The minimum atomic E-state index is -3.68. The predicted octanol–water partition coefficient (Wildman–Crippen LogP) is 3.36. The topological polar surface area (TPSA) is 92.3 Å². The van der Waals surface area contributed by atoms with Crippen molar-refractivity contribution in [2.24, 2.45) is 0 Å². The molecule has 1 unspecified atom stereocenters. The van der Waals surface area contributed by atoms with Gasteiger partial charge in [-0.1, -0.05) is 36.7 Å². The Morgan fingerprint density at radius 1 is 1.00 bits per heavy atom. The molecule has 0 heterocycles. The highest BCUT2D eigenvalue weighted by Crippen LogP contribution is 2.20. The van der Waals surface area contributed by atoms with Gasteiger partial charge in [-0.05, 0) is 49.2 Å². The minimum Gasteiger partial charge on any atom is -0.283 e. The van der Waals surface area contributed by atoms with Gasteiger partial charge < -0.3 is 0 Å². The third-order valence-electron chi connectivity index (χ3n) is 3.71. The normalized spacial score (nSPS) is 13.3. The van der Waals surface area contributed by atoms with Crippen LogP contribution in [0.1, 0.15) is 25.8 Å². The van der Waals surface area contributed by atoms with Crippen molar-refractivity contribution in [3.05, 3.63) is 59.1 Å². The van der Waals surface area contributed by atoms with Crippen molar-refractivity contribution in [2.45, 2.75) is 37.0 Å². The lowest BCUT2D eigenvalue weighted by Crippen LogP contribution is -2.31. The molecule has 2 N–H and O–H groups in total. The van der Waals surface area contributed by atoms with Crippen LogP contribution in [0.3, 0.4) is 0 Å². The lowest BCUT2D eigenvalue weighted by atomic mass is 10.2. The number of nitrogens with one attached hydrogen (secondary N) is 2. The maximum atomic E-state index is 12.3. The van der Waals surface area contributed by atoms with E-state index in [0.717, 1.165) is 0 Å². The average molecular weight is 417 g/mol. The van der Waals surface area contributed by atoms with E-state index in [2.05, 4.69) is 9.44 Å². The Morgan fingerprint density at radius 3 is 2.19 bits per heavy atom. The molecule has 0 amide bonds. The molecule has 2 rings (SSSR count). The largest absolute Gasteiger partial charge is 0.283 e. The number of hydrogen-bond acceptors (Lipinski definition) is 4. The van der Waals surface area contributed by atoms with Crippen LogP contribution in [0.15, 0.2) is 53.4 Å². The molecule has 0 saturated heterocycles. The molecule has 0 saturated carbocycles. The van der Waals surface area contributed by atoms with Gasteiger partial charge in [0.25, 0.3) is 0 Å². The van der Waals surface area contributed by atoms with E-state index in [9.17, 15) is 16.8 Å². The summed E-state index contributed by atoms with van der Waals surface area (Å²) in [6.07, 6.45) is 0.666. The van der Waals surface area contributed by atoms with E-state index in [1.165, 1.54) is 24.3 Å². The molecular formula is C17H21ClN2O4S2. The van der Waals surface area contributed by atoms with Crippen molar-refractivity contribution in [2.75, 3.05) is 4.72 Å². The molecular weight excluding hydrogens is 396 g/mol. The standard InChI is InChI=1S/C17H21ClN2O4S2/c1-3-13(2)19-26(23,24)16-10-8-15(9-11-16)20-25(21,22)12-14-6-4-5-7-17(14)18/h4-11,13,19-20H,3,12H2,1-2H3. The van der Waals surface area contributed by atoms with Crippen LogP contribution in [0.25, 0.3) is 0 Å². The summed E-state index contributed by atoms with van der Waals surface area (Å²) in [6, 6.07) is 12.0. The second-order valence-electron chi connectivity index (χ2n) is 5.91. The zero-order valence-corrected chi connectivity index (χ0v) is 16.8. The minimum absolute atomic E-state index is 0.0758. The van der Waals surface area contributed by atoms with Gasteiger partial charge in [-0.15, -0.1) is 0 Å². The van der Waals surface area contributed by atoms with E-state index >= 15 is 0 Å². The van der Waals surface area contributed by atoms with E-state index < -0.39 is 20.0 Å². The molecule has 1 atom stereocenters. The summed E-state index contributed by atoms with van der Waals surface area (Å²) in [7, 11) is -7.31. The maximum absolute atomic E-state index is 12.3. The molecule has 2 aromatic rings. The quantitative estimate of drug-likeness (QED) is 0.690. The summed E-state index contributed by atoms with van der Waals surface area (Å²) in [5, 5.41) is 0.371. The monoisotopic (exact) mass is 416 g/mol. The summed E-state index contributed by atoms with van der Waals surface area (Å²) < 4.78 is 54.0. The summed E-state index contributed by atoms with van der Waals surface area (Å²) >= 11 is 5.99. The van der Waals surface area contributed by atoms with E-state index in [1.54, 1.807) is 31.2 Å². The second kappa shape index (κ2) is 8.39.